The number of ether oxygens (including phenoxy) is 5. The van der Waals surface area contributed by atoms with E-state index in [2.05, 4.69) is 20.3 Å². The molecule has 5 rings (SSSR count). The predicted octanol–water partition coefficient (Wildman–Crippen LogP) is 7.87. The summed E-state index contributed by atoms with van der Waals surface area (Å²) in [6.45, 7) is 4.65. The average Bonchev–Trinajstić information content (AvgIpc) is 3.11. The van der Waals surface area contributed by atoms with Crippen molar-refractivity contribution in [1.82, 2.24) is 15.0 Å². The maximum absolute atomic E-state index is 13.7. The normalized spacial score (nSPS) is 19.2. The topological polar surface area (TPSA) is 117 Å². The molecule has 3 aromatic rings. The van der Waals surface area contributed by atoms with Crippen LogP contribution < -0.4 is 15.0 Å². The van der Waals surface area contributed by atoms with E-state index in [4.69, 9.17) is 23.7 Å². The fraction of sp³-hybridized carbons (Fsp3) is 0.543. The molecule has 2 aromatic heterocycles. The third-order valence-electron chi connectivity index (χ3n) is 8.69. The van der Waals surface area contributed by atoms with Crippen molar-refractivity contribution in [2.45, 2.75) is 89.7 Å². The molecule has 3 unspecified atom stereocenters. The van der Waals surface area contributed by atoms with E-state index in [-0.39, 0.29) is 67.9 Å². The van der Waals surface area contributed by atoms with Crippen LogP contribution in [0.15, 0.2) is 36.5 Å². The zero-order chi connectivity index (χ0) is 37.5. The van der Waals surface area contributed by atoms with Crippen LogP contribution in [0.2, 0.25) is 0 Å². The minimum absolute atomic E-state index is 0.0413. The number of amides is 1. The van der Waals surface area contributed by atoms with Crippen molar-refractivity contribution in [3.63, 3.8) is 0 Å². The first-order valence-corrected chi connectivity index (χ1v) is 17.0. The van der Waals surface area contributed by atoms with Crippen molar-refractivity contribution in [1.29, 1.82) is 0 Å². The third kappa shape index (κ3) is 9.80. The summed E-state index contributed by atoms with van der Waals surface area (Å²) >= 11 is 0. The summed E-state index contributed by atoms with van der Waals surface area (Å²) in [6.07, 6.45) is -6.28. The Labute approximate surface area is 297 Å². The summed E-state index contributed by atoms with van der Waals surface area (Å²) in [7, 11) is 1.45. The lowest BCUT2D eigenvalue weighted by Gasteiger charge is -2.39. The van der Waals surface area contributed by atoms with Crippen LogP contribution >= 0.6 is 0 Å². The van der Waals surface area contributed by atoms with Gasteiger partial charge in [-0.3, -0.25) is 4.90 Å². The highest BCUT2D eigenvalue weighted by atomic mass is 19.4. The third-order valence-corrected chi connectivity index (χ3v) is 8.69. The molecule has 11 nitrogen and oxygen atoms in total. The SMILES string of the molecule is CCOC(=O)N1c2ccc(OC)nc2C(Nc2ncc(COCCOC3CCCCO3)c(Cc3cc(C(F)(F)F)cc(C(F)(F)F)c3)n2)CC1CC. The molecule has 17 heteroatoms. The highest BCUT2D eigenvalue weighted by Gasteiger charge is 2.39. The van der Waals surface area contributed by atoms with Crippen LogP contribution in [0.25, 0.3) is 0 Å². The first kappa shape index (κ1) is 39.0. The molecule has 284 valence electrons. The van der Waals surface area contributed by atoms with Gasteiger partial charge in [-0.15, -0.1) is 0 Å². The molecule has 3 atom stereocenters. The summed E-state index contributed by atoms with van der Waals surface area (Å²) in [6, 6.07) is 3.85. The van der Waals surface area contributed by atoms with Gasteiger partial charge in [0.2, 0.25) is 11.8 Å². The van der Waals surface area contributed by atoms with Crippen LogP contribution in [-0.2, 0) is 44.3 Å². The zero-order valence-corrected chi connectivity index (χ0v) is 29.0. The van der Waals surface area contributed by atoms with Crippen LogP contribution in [0.4, 0.5) is 42.8 Å². The minimum atomic E-state index is -5.02. The number of nitrogens with zero attached hydrogens (tertiary/aromatic N) is 4. The lowest BCUT2D eigenvalue weighted by Crippen LogP contribution is -2.46. The van der Waals surface area contributed by atoms with E-state index in [1.165, 1.54) is 18.2 Å². The van der Waals surface area contributed by atoms with Crippen LogP contribution in [0.3, 0.4) is 0 Å². The summed E-state index contributed by atoms with van der Waals surface area (Å²) in [4.78, 5) is 28.2. The summed E-state index contributed by atoms with van der Waals surface area (Å²) < 4.78 is 110. The van der Waals surface area contributed by atoms with Crippen molar-refractivity contribution in [3.8, 4) is 5.88 Å². The molecule has 0 saturated carbocycles. The Hall–Kier alpha value is -4.22. The largest absolute Gasteiger partial charge is 0.481 e. The summed E-state index contributed by atoms with van der Waals surface area (Å²) in [5, 5.41) is 3.23. The molecule has 1 N–H and O–H groups in total. The van der Waals surface area contributed by atoms with E-state index in [1.807, 2.05) is 6.92 Å². The van der Waals surface area contributed by atoms with Gasteiger partial charge in [-0.1, -0.05) is 6.92 Å². The smallest absolute Gasteiger partial charge is 0.416 e. The fourth-order valence-electron chi connectivity index (χ4n) is 6.14. The van der Waals surface area contributed by atoms with Gasteiger partial charge in [0.1, 0.15) is 0 Å². The van der Waals surface area contributed by atoms with E-state index in [9.17, 15) is 31.1 Å². The van der Waals surface area contributed by atoms with Crippen LogP contribution in [0.5, 0.6) is 5.88 Å². The van der Waals surface area contributed by atoms with E-state index in [1.54, 1.807) is 19.1 Å². The number of carbonyl (C=O) groups excluding carboxylic acids is 1. The van der Waals surface area contributed by atoms with Gasteiger partial charge in [0.05, 0.1) is 67.8 Å². The molecule has 1 aromatic carbocycles. The zero-order valence-electron chi connectivity index (χ0n) is 29.0. The van der Waals surface area contributed by atoms with Gasteiger partial charge in [0.25, 0.3) is 0 Å². The number of aromatic nitrogens is 3. The number of halogens is 6. The fourth-order valence-corrected chi connectivity index (χ4v) is 6.14. The van der Waals surface area contributed by atoms with Crippen molar-refractivity contribution < 1.29 is 54.8 Å². The van der Waals surface area contributed by atoms with Crippen molar-refractivity contribution in [2.24, 2.45) is 0 Å². The molecule has 4 heterocycles. The molecule has 0 aliphatic carbocycles. The second-order valence-corrected chi connectivity index (χ2v) is 12.3. The Kier molecular flexibility index (Phi) is 12.8. The number of hydrogen-bond donors (Lipinski definition) is 1. The van der Waals surface area contributed by atoms with Gasteiger partial charge in [0, 0.05) is 36.9 Å². The monoisotopic (exact) mass is 741 g/mol. The number of hydrogen-bond acceptors (Lipinski definition) is 10. The highest BCUT2D eigenvalue weighted by Crippen LogP contribution is 2.41. The number of rotatable bonds is 13. The number of alkyl halides is 6. The standard InChI is InChI=1S/C35H41F6N5O6/c1-4-25-18-27(31-28(9-10-29(45-31)48-3)46(25)33(47)50-5-2)44-32-42-19-22(20-49-12-13-52-30-8-6-7-11-51-30)26(43-32)16-21-14-23(34(36,37)38)17-24(15-21)35(39,40)41/h9-10,14-15,17,19,25,27,30H,4-8,11-13,16,18,20H2,1-3H3,(H,42,43,44). The first-order valence-electron chi connectivity index (χ1n) is 17.0. The van der Waals surface area contributed by atoms with Crippen LogP contribution in [-0.4, -0.2) is 66.9 Å². The number of pyridine rings is 1. The van der Waals surface area contributed by atoms with Gasteiger partial charge in [-0.25, -0.2) is 19.7 Å². The number of nitrogens with one attached hydrogen (secondary N) is 1. The van der Waals surface area contributed by atoms with Crippen molar-refractivity contribution in [2.75, 3.05) is 43.8 Å². The Morgan fingerprint density at radius 2 is 1.77 bits per heavy atom. The second-order valence-electron chi connectivity index (χ2n) is 12.3. The first-order chi connectivity index (χ1) is 24.8. The minimum Gasteiger partial charge on any atom is -0.481 e. The molecule has 1 saturated heterocycles. The number of anilines is 2. The molecule has 2 aliphatic heterocycles. The molecule has 52 heavy (non-hydrogen) atoms. The highest BCUT2D eigenvalue weighted by molar-refractivity contribution is 5.90. The van der Waals surface area contributed by atoms with E-state index < -0.39 is 42.0 Å². The molecule has 1 fully saturated rings. The summed E-state index contributed by atoms with van der Waals surface area (Å²) in [5.41, 5.74) is -1.70. The second kappa shape index (κ2) is 17.1. The van der Waals surface area contributed by atoms with Gasteiger partial charge in [0.15, 0.2) is 6.29 Å². The predicted molar refractivity (Wildman–Crippen MR) is 176 cm³/mol. The van der Waals surface area contributed by atoms with Crippen molar-refractivity contribution >= 4 is 17.7 Å². The lowest BCUT2D eigenvalue weighted by atomic mass is 9.93. The molecule has 0 radical (unpaired) electrons. The van der Waals surface area contributed by atoms with Crippen molar-refractivity contribution in [3.05, 3.63) is 70.2 Å². The Morgan fingerprint density at radius 1 is 1.02 bits per heavy atom. The van der Waals surface area contributed by atoms with E-state index >= 15 is 0 Å². The number of methoxy groups -OCH3 is 1. The molecule has 0 spiro atoms. The molecule has 0 bridgehead atoms. The quantitative estimate of drug-likeness (QED) is 0.137. The van der Waals surface area contributed by atoms with Gasteiger partial charge in [-0.05, 0) is 68.9 Å². The molecular formula is C35H41F6N5O6. The average molecular weight is 742 g/mol. The lowest BCUT2D eigenvalue weighted by molar-refractivity contribution is -0.169. The molecular weight excluding hydrogens is 700 g/mol. The number of fused-ring (bicyclic) bond motifs is 1. The van der Waals surface area contributed by atoms with Crippen LogP contribution in [0, 0.1) is 0 Å². The Morgan fingerprint density at radius 3 is 2.40 bits per heavy atom. The van der Waals surface area contributed by atoms with E-state index in [0.29, 0.717) is 48.5 Å². The Bertz CT molecular complexity index is 1640. The molecule has 1 amide bonds. The van der Waals surface area contributed by atoms with E-state index in [0.717, 1.165) is 19.3 Å². The summed E-state index contributed by atoms with van der Waals surface area (Å²) in [5.74, 6) is 0.321. The maximum atomic E-state index is 13.7. The van der Waals surface area contributed by atoms with Crippen LogP contribution in [0.1, 0.15) is 85.6 Å². The Balaban J connectivity index is 1.45. The van der Waals surface area contributed by atoms with Gasteiger partial charge >= 0.3 is 18.4 Å². The number of benzene rings is 1. The number of carbonyl (C=O) groups is 1. The van der Waals surface area contributed by atoms with Gasteiger partial charge in [-0.2, -0.15) is 26.3 Å². The maximum Gasteiger partial charge on any atom is 0.416 e. The molecule has 2 aliphatic rings. The van der Waals surface area contributed by atoms with Gasteiger partial charge < -0.3 is 29.0 Å².